The van der Waals surface area contributed by atoms with E-state index in [1.807, 2.05) is 0 Å². The van der Waals surface area contributed by atoms with E-state index in [0.29, 0.717) is 5.56 Å². The van der Waals surface area contributed by atoms with Crippen LogP contribution < -0.4 is 15.8 Å². The van der Waals surface area contributed by atoms with Crippen LogP contribution in [0.2, 0.25) is 0 Å². The first-order chi connectivity index (χ1) is 10.8. The molecular weight excluding hydrogens is 326 g/mol. The Morgan fingerprint density at radius 2 is 1.70 bits per heavy atom. The molecule has 10 heteroatoms. The van der Waals surface area contributed by atoms with Gasteiger partial charge in [0.25, 0.3) is 0 Å². The summed E-state index contributed by atoms with van der Waals surface area (Å²) < 4.78 is 27.1. The van der Waals surface area contributed by atoms with Gasteiger partial charge in [0.15, 0.2) is 0 Å². The van der Waals surface area contributed by atoms with Crippen LogP contribution in [0.4, 0.5) is 0 Å². The van der Waals surface area contributed by atoms with E-state index in [9.17, 15) is 18.0 Å². The van der Waals surface area contributed by atoms with Crippen molar-refractivity contribution in [1.29, 1.82) is 0 Å². The number of carbonyl (C=O) groups excluding carboxylic acids is 2. The number of benzene rings is 1. The predicted molar refractivity (Wildman–Crippen MR) is 80.6 cm³/mol. The van der Waals surface area contributed by atoms with Crippen LogP contribution >= 0.6 is 0 Å². The zero-order chi connectivity index (χ0) is 17.3. The molecule has 0 heterocycles. The van der Waals surface area contributed by atoms with E-state index in [-0.39, 0.29) is 37.8 Å². The maximum atomic E-state index is 11.5. The van der Waals surface area contributed by atoms with Gasteiger partial charge in [0.05, 0.1) is 24.7 Å². The molecule has 0 spiro atoms. The summed E-state index contributed by atoms with van der Waals surface area (Å²) >= 11 is 0. The zero-order valence-electron chi connectivity index (χ0n) is 12.3. The van der Waals surface area contributed by atoms with Gasteiger partial charge in [-0.2, -0.15) is 0 Å². The minimum atomic E-state index is -3.76. The van der Waals surface area contributed by atoms with Crippen molar-refractivity contribution in [3.63, 3.8) is 0 Å². The highest BCUT2D eigenvalue weighted by Crippen LogP contribution is 2.08. The largest absolute Gasteiger partial charge is 0.394 e. The maximum absolute atomic E-state index is 11.5. The van der Waals surface area contributed by atoms with E-state index in [1.54, 1.807) is 0 Å². The van der Waals surface area contributed by atoms with Gasteiger partial charge in [0.1, 0.15) is 0 Å². The first-order valence-electron chi connectivity index (χ1n) is 6.71. The number of rotatable bonds is 8. The molecule has 0 aliphatic carbocycles. The van der Waals surface area contributed by atoms with Crippen LogP contribution in [0.1, 0.15) is 5.56 Å². The van der Waals surface area contributed by atoms with Crippen LogP contribution in [-0.2, 0) is 30.9 Å². The number of hydrogen-bond acceptors (Lipinski definition) is 6. The number of aliphatic hydroxyl groups is 1. The highest BCUT2D eigenvalue weighted by atomic mass is 32.2. The fourth-order valence-corrected chi connectivity index (χ4v) is 2.06. The van der Waals surface area contributed by atoms with Crippen molar-refractivity contribution < 1.29 is 27.9 Å². The maximum Gasteiger partial charge on any atom is 0.309 e. The molecule has 0 saturated heterocycles. The number of carbonyl (C=O) groups is 2. The summed E-state index contributed by atoms with van der Waals surface area (Å²) in [6.07, 6.45) is 0. The van der Waals surface area contributed by atoms with E-state index in [1.165, 1.54) is 24.3 Å². The molecular formula is C13H19N3O6S. The second-order valence-electron chi connectivity index (χ2n) is 4.46. The lowest BCUT2D eigenvalue weighted by Crippen LogP contribution is -2.40. The number of amides is 2. The van der Waals surface area contributed by atoms with E-state index in [4.69, 9.17) is 15.0 Å². The zero-order valence-corrected chi connectivity index (χ0v) is 13.1. The van der Waals surface area contributed by atoms with Crippen LogP contribution in [-0.4, -0.2) is 51.7 Å². The van der Waals surface area contributed by atoms with Crippen molar-refractivity contribution in [2.45, 2.75) is 11.4 Å². The first kappa shape index (κ1) is 19.0. The van der Waals surface area contributed by atoms with Gasteiger partial charge in [0.2, 0.25) is 10.0 Å². The molecule has 9 nitrogen and oxygen atoms in total. The summed E-state index contributed by atoms with van der Waals surface area (Å²) in [4.78, 5) is 23.0. The number of sulfonamides is 1. The third kappa shape index (κ3) is 7.19. The number of hydrogen-bond donors (Lipinski definition) is 4. The monoisotopic (exact) mass is 345 g/mol. The number of nitrogens with two attached hydrogens (primary N) is 1. The van der Waals surface area contributed by atoms with Crippen molar-refractivity contribution in [3.8, 4) is 0 Å². The Balaban J connectivity index is 2.36. The fraction of sp³-hybridized carbons (Fsp3) is 0.385. The molecule has 0 atom stereocenters. The molecule has 0 radical (unpaired) electrons. The average Bonchev–Trinajstić information content (AvgIpc) is 2.51. The molecule has 128 valence electrons. The fourth-order valence-electron chi connectivity index (χ4n) is 1.54. The quantitative estimate of drug-likeness (QED) is 0.319. The Labute approximate surface area is 133 Å². The second kappa shape index (κ2) is 9.20. The predicted octanol–water partition coefficient (Wildman–Crippen LogP) is -1.92. The molecule has 0 aliphatic rings. The topological polar surface area (TPSA) is 148 Å². The van der Waals surface area contributed by atoms with Gasteiger partial charge in [-0.05, 0) is 17.7 Å². The second-order valence-corrected chi connectivity index (χ2v) is 6.02. The molecule has 1 rings (SSSR count). The molecule has 1 aromatic carbocycles. The lowest BCUT2D eigenvalue weighted by Gasteiger charge is -2.07. The van der Waals surface area contributed by atoms with Gasteiger partial charge in [-0.3, -0.25) is 9.59 Å². The third-order valence-corrected chi connectivity index (χ3v) is 3.61. The molecule has 0 aliphatic heterocycles. The van der Waals surface area contributed by atoms with Gasteiger partial charge in [-0.1, -0.05) is 12.1 Å². The van der Waals surface area contributed by atoms with Gasteiger partial charge >= 0.3 is 11.8 Å². The normalized spacial score (nSPS) is 11.0. The van der Waals surface area contributed by atoms with Crippen LogP contribution in [0, 0.1) is 0 Å². The van der Waals surface area contributed by atoms with Crippen LogP contribution in [0.25, 0.3) is 0 Å². The Kier molecular flexibility index (Phi) is 7.62. The third-order valence-electron chi connectivity index (χ3n) is 2.68. The molecule has 0 bridgehead atoms. The summed E-state index contributed by atoms with van der Waals surface area (Å²) in [7, 11) is -3.76. The smallest absolute Gasteiger partial charge is 0.309 e. The minimum Gasteiger partial charge on any atom is -0.394 e. The summed E-state index contributed by atoms with van der Waals surface area (Å²) in [6, 6.07) is 5.60. The lowest BCUT2D eigenvalue weighted by molar-refractivity contribution is -0.139. The van der Waals surface area contributed by atoms with Gasteiger partial charge in [-0.15, -0.1) is 0 Å². The first-order valence-corrected chi connectivity index (χ1v) is 8.25. The molecule has 0 fully saturated rings. The minimum absolute atomic E-state index is 0.0341. The van der Waals surface area contributed by atoms with Crippen molar-refractivity contribution >= 4 is 21.8 Å². The summed E-state index contributed by atoms with van der Waals surface area (Å²) in [5, 5.41) is 18.2. The highest BCUT2D eigenvalue weighted by molar-refractivity contribution is 7.89. The van der Waals surface area contributed by atoms with Crippen LogP contribution in [0.15, 0.2) is 29.2 Å². The van der Waals surface area contributed by atoms with E-state index >= 15 is 0 Å². The Morgan fingerprint density at radius 3 is 2.26 bits per heavy atom. The standard InChI is InChI=1S/C13H19N3O6S/c14-23(20,21)11-3-1-10(2-4-11)9-16-13(19)12(18)15-5-7-22-8-6-17/h1-4,17H,5-9H2,(H,15,18)(H,16,19)(H2,14,20,21). The molecule has 5 N–H and O–H groups in total. The molecule has 0 saturated carbocycles. The van der Waals surface area contributed by atoms with Crippen molar-refractivity contribution in [3.05, 3.63) is 29.8 Å². The van der Waals surface area contributed by atoms with Gasteiger partial charge in [-0.25, -0.2) is 13.6 Å². The van der Waals surface area contributed by atoms with Crippen molar-refractivity contribution in [2.75, 3.05) is 26.4 Å². The van der Waals surface area contributed by atoms with Crippen LogP contribution in [0.3, 0.4) is 0 Å². The molecule has 1 aromatic rings. The lowest BCUT2D eigenvalue weighted by atomic mass is 10.2. The summed E-state index contributed by atoms with van der Waals surface area (Å²) in [6.45, 7) is 0.456. The van der Waals surface area contributed by atoms with E-state index in [0.717, 1.165) is 0 Å². The molecule has 2 amide bonds. The van der Waals surface area contributed by atoms with Crippen molar-refractivity contribution in [1.82, 2.24) is 10.6 Å². The molecule has 0 aromatic heterocycles. The Morgan fingerprint density at radius 1 is 1.09 bits per heavy atom. The SMILES string of the molecule is NS(=O)(=O)c1ccc(CNC(=O)C(=O)NCCOCCO)cc1. The van der Waals surface area contributed by atoms with Gasteiger partial charge in [0, 0.05) is 13.1 Å². The number of aliphatic hydroxyl groups excluding tert-OH is 1. The number of ether oxygens (including phenoxy) is 1. The number of nitrogens with one attached hydrogen (secondary N) is 2. The molecule has 23 heavy (non-hydrogen) atoms. The summed E-state index contributed by atoms with van der Waals surface area (Å²) in [5.74, 6) is -1.62. The number of primary sulfonamides is 1. The Bertz CT molecular complexity index is 630. The summed E-state index contributed by atoms with van der Waals surface area (Å²) in [5.41, 5.74) is 0.616. The van der Waals surface area contributed by atoms with Crippen LogP contribution in [0.5, 0.6) is 0 Å². The average molecular weight is 345 g/mol. The highest BCUT2D eigenvalue weighted by Gasteiger charge is 2.12. The van der Waals surface area contributed by atoms with E-state index in [2.05, 4.69) is 10.6 Å². The van der Waals surface area contributed by atoms with Crippen molar-refractivity contribution in [2.24, 2.45) is 5.14 Å². The van der Waals surface area contributed by atoms with E-state index < -0.39 is 21.8 Å². The Hall–Kier alpha value is -2.01. The van der Waals surface area contributed by atoms with Gasteiger partial charge < -0.3 is 20.5 Å². The molecule has 0 unspecified atom stereocenters.